The lowest BCUT2D eigenvalue weighted by atomic mass is 10.1. The van der Waals surface area contributed by atoms with Crippen molar-refractivity contribution in [3.8, 4) is 28.4 Å². The van der Waals surface area contributed by atoms with Gasteiger partial charge >= 0.3 is 11.9 Å². The van der Waals surface area contributed by atoms with Crippen molar-refractivity contribution in [1.29, 1.82) is 0 Å². The van der Waals surface area contributed by atoms with Crippen LogP contribution in [0.2, 0.25) is 0 Å². The summed E-state index contributed by atoms with van der Waals surface area (Å²) in [6.07, 6.45) is -2.91. The van der Waals surface area contributed by atoms with Crippen molar-refractivity contribution in [3.05, 3.63) is 106 Å². The molecule has 1 aromatic heterocycles. The number of amides is 1. The minimum Gasteiger partial charge on any atom is -0.502 e. The Morgan fingerprint density at radius 1 is 0.946 bits per heavy atom. The molecule has 11 heteroatoms. The summed E-state index contributed by atoms with van der Waals surface area (Å²) in [6.45, 7) is 0. The van der Waals surface area contributed by atoms with Gasteiger partial charge in [0.25, 0.3) is 0 Å². The van der Waals surface area contributed by atoms with Crippen molar-refractivity contribution in [2.24, 2.45) is 0 Å². The standard InChI is InChI=1S/C26H18F3N3O5/c27-26(28,29)19-6-3-17(4-7-19)18-5-12-24(30-15-18)31-25(34)13-16-1-8-20(9-2-16)37-21-10-11-22(32(35)36)23(33)14-21/h1-12,14-15,33H,13H2,(H,30,31,34). The fourth-order valence-corrected chi connectivity index (χ4v) is 3.40. The number of anilines is 1. The maximum absolute atomic E-state index is 12.7. The van der Waals surface area contributed by atoms with Crippen molar-refractivity contribution in [2.75, 3.05) is 5.32 Å². The Bertz CT molecular complexity index is 1420. The topological polar surface area (TPSA) is 115 Å². The number of nitro benzene ring substituents is 1. The summed E-state index contributed by atoms with van der Waals surface area (Å²) in [4.78, 5) is 26.6. The zero-order valence-corrected chi connectivity index (χ0v) is 18.9. The maximum atomic E-state index is 12.7. The summed E-state index contributed by atoms with van der Waals surface area (Å²) in [5.74, 6) is 0.0523. The second-order valence-corrected chi connectivity index (χ2v) is 7.89. The van der Waals surface area contributed by atoms with Gasteiger partial charge in [0.2, 0.25) is 5.91 Å². The van der Waals surface area contributed by atoms with E-state index in [4.69, 9.17) is 4.74 Å². The Hall–Kier alpha value is -4.93. The summed E-state index contributed by atoms with van der Waals surface area (Å²) in [5, 5.41) is 23.1. The lowest BCUT2D eigenvalue weighted by molar-refractivity contribution is -0.385. The molecule has 37 heavy (non-hydrogen) atoms. The molecular weight excluding hydrogens is 491 g/mol. The average Bonchev–Trinajstić information content (AvgIpc) is 2.85. The molecule has 4 rings (SSSR count). The largest absolute Gasteiger partial charge is 0.502 e. The molecule has 3 aromatic carbocycles. The molecule has 2 N–H and O–H groups in total. The minimum absolute atomic E-state index is 0.0426. The molecule has 0 aliphatic carbocycles. The summed E-state index contributed by atoms with van der Waals surface area (Å²) >= 11 is 0. The van der Waals surface area contributed by atoms with Crippen LogP contribution in [-0.2, 0) is 17.4 Å². The molecule has 0 spiro atoms. The number of phenolic OH excluding ortho intramolecular Hbond substituents is 1. The molecule has 1 amide bonds. The van der Waals surface area contributed by atoms with Gasteiger partial charge in [-0.05, 0) is 53.6 Å². The normalized spacial score (nSPS) is 11.1. The van der Waals surface area contributed by atoms with E-state index in [1.807, 2.05) is 0 Å². The highest BCUT2D eigenvalue weighted by molar-refractivity contribution is 5.91. The van der Waals surface area contributed by atoms with Crippen LogP contribution in [0.25, 0.3) is 11.1 Å². The number of phenols is 1. The first-order valence-corrected chi connectivity index (χ1v) is 10.8. The van der Waals surface area contributed by atoms with Gasteiger partial charge in [-0.25, -0.2) is 4.98 Å². The third-order valence-electron chi connectivity index (χ3n) is 5.24. The quantitative estimate of drug-likeness (QED) is 0.222. The molecule has 4 aromatic rings. The van der Waals surface area contributed by atoms with E-state index in [2.05, 4.69) is 10.3 Å². The Morgan fingerprint density at radius 3 is 2.16 bits per heavy atom. The van der Waals surface area contributed by atoms with Crippen molar-refractivity contribution in [3.63, 3.8) is 0 Å². The smallest absolute Gasteiger partial charge is 0.416 e. The number of carbonyl (C=O) groups excluding carboxylic acids is 1. The minimum atomic E-state index is -4.41. The Balaban J connectivity index is 1.33. The van der Waals surface area contributed by atoms with Gasteiger partial charge in [-0.3, -0.25) is 14.9 Å². The predicted octanol–water partition coefficient (Wildman–Crippen LogP) is 6.35. The molecule has 0 aliphatic heterocycles. The second-order valence-electron chi connectivity index (χ2n) is 7.89. The number of nitrogens with zero attached hydrogens (tertiary/aromatic N) is 2. The monoisotopic (exact) mass is 509 g/mol. The lowest BCUT2D eigenvalue weighted by Crippen LogP contribution is -2.15. The number of hydrogen-bond donors (Lipinski definition) is 2. The molecule has 1 heterocycles. The number of nitro groups is 1. The number of ether oxygens (including phenoxy) is 1. The first kappa shape index (κ1) is 25.2. The van der Waals surface area contributed by atoms with Crippen molar-refractivity contribution >= 4 is 17.4 Å². The summed E-state index contributed by atoms with van der Waals surface area (Å²) in [5.41, 5.74) is 0.668. The van der Waals surface area contributed by atoms with Crippen LogP contribution in [0.4, 0.5) is 24.7 Å². The summed E-state index contributed by atoms with van der Waals surface area (Å²) < 4.78 is 43.7. The van der Waals surface area contributed by atoms with E-state index in [0.29, 0.717) is 28.3 Å². The molecule has 0 aliphatic rings. The SMILES string of the molecule is O=C(Cc1ccc(Oc2ccc([N+](=O)[O-])c(O)c2)cc1)Nc1ccc(-c2ccc(C(F)(F)F)cc2)cn1. The van der Waals surface area contributed by atoms with Gasteiger partial charge in [-0.1, -0.05) is 24.3 Å². The number of pyridine rings is 1. The lowest BCUT2D eigenvalue weighted by Gasteiger charge is -2.09. The van der Waals surface area contributed by atoms with Gasteiger partial charge in [0, 0.05) is 23.9 Å². The molecule has 188 valence electrons. The predicted molar refractivity (Wildman–Crippen MR) is 128 cm³/mol. The molecular formula is C26H18F3N3O5. The van der Waals surface area contributed by atoms with Gasteiger partial charge in [-0.15, -0.1) is 0 Å². The molecule has 0 bridgehead atoms. The van der Waals surface area contributed by atoms with Crippen LogP contribution in [-0.4, -0.2) is 20.9 Å². The van der Waals surface area contributed by atoms with Crippen LogP contribution in [0.3, 0.4) is 0 Å². The van der Waals surface area contributed by atoms with Crippen molar-refractivity contribution < 1.29 is 32.7 Å². The molecule has 0 saturated heterocycles. The van der Waals surface area contributed by atoms with E-state index in [1.165, 1.54) is 24.4 Å². The summed E-state index contributed by atoms with van der Waals surface area (Å²) in [6, 6.07) is 18.1. The van der Waals surface area contributed by atoms with E-state index in [9.17, 15) is 33.2 Å². The third kappa shape index (κ3) is 6.40. The zero-order valence-electron chi connectivity index (χ0n) is 18.9. The first-order chi connectivity index (χ1) is 17.6. The van der Waals surface area contributed by atoms with Crippen LogP contribution in [0.15, 0.2) is 85.1 Å². The molecule has 0 fully saturated rings. The van der Waals surface area contributed by atoms with E-state index >= 15 is 0 Å². The third-order valence-corrected chi connectivity index (χ3v) is 5.24. The Kier molecular flexibility index (Phi) is 7.05. The first-order valence-electron chi connectivity index (χ1n) is 10.8. The molecule has 8 nitrogen and oxygen atoms in total. The number of aromatic nitrogens is 1. The highest BCUT2D eigenvalue weighted by Gasteiger charge is 2.30. The number of rotatable bonds is 7. The van der Waals surface area contributed by atoms with Crippen LogP contribution in [0.1, 0.15) is 11.1 Å². The average molecular weight is 509 g/mol. The highest BCUT2D eigenvalue weighted by Crippen LogP contribution is 2.33. The molecule has 0 atom stereocenters. The fourth-order valence-electron chi connectivity index (χ4n) is 3.40. The van der Waals surface area contributed by atoms with Gasteiger partial charge in [0.05, 0.1) is 16.9 Å². The van der Waals surface area contributed by atoms with Gasteiger partial charge in [-0.2, -0.15) is 13.2 Å². The fraction of sp³-hybridized carbons (Fsp3) is 0.0769. The van der Waals surface area contributed by atoms with Crippen LogP contribution in [0.5, 0.6) is 17.2 Å². The van der Waals surface area contributed by atoms with Crippen LogP contribution in [0, 0.1) is 10.1 Å². The van der Waals surface area contributed by atoms with Crippen molar-refractivity contribution in [2.45, 2.75) is 12.6 Å². The van der Waals surface area contributed by atoms with Gasteiger partial charge in [0.15, 0.2) is 5.75 Å². The number of nitrogens with one attached hydrogen (secondary N) is 1. The second kappa shape index (κ2) is 10.4. The van der Waals surface area contributed by atoms with Crippen molar-refractivity contribution in [1.82, 2.24) is 4.98 Å². The number of alkyl halides is 3. The highest BCUT2D eigenvalue weighted by atomic mass is 19.4. The molecule has 0 radical (unpaired) electrons. The summed E-state index contributed by atoms with van der Waals surface area (Å²) in [7, 11) is 0. The Morgan fingerprint density at radius 2 is 1.59 bits per heavy atom. The van der Waals surface area contributed by atoms with E-state index < -0.39 is 28.1 Å². The maximum Gasteiger partial charge on any atom is 0.416 e. The van der Waals surface area contributed by atoms with E-state index in [0.717, 1.165) is 24.3 Å². The zero-order chi connectivity index (χ0) is 26.6. The van der Waals surface area contributed by atoms with E-state index in [-0.39, 0.29) is 18.1 Å². The number of hydrogen-bond acceptors (Lipinski definition) is 6. The molecule has 0 saturated carbocycles. The number of benzene rings is 3. The Labute approximate surface area is 208 Å². The van der Waals surface area contributed by atoms with Crippen LogP contribution >= 0.6 is 0 Å². The number of halogens is 3. The number of carbonyl (C=O) groups is 1. The van der Waals surface area contributed by atoms with Gasteiger partial charge < -0.3 is 15.2 Å². The van der Waals surface area contributed by atoms with Crippen LogP contribution < -0.4 is 10.1 Å². The molecule has 0 unspecified atom stereocenters. The van der Waals surface area contributed by atoms with Gasteiger partial charge in [0.1, 0.15) is 17.3 Å². The van der Waals surface area contributed by atoms with E-state index in [1.54, 1.807) is 36.4 Å². The number of aromatic hydroxyl groups is 1.